The van der Waals surface area contributed by atoms with E-state index in [1.165, 1.54) is 26.4 Å². The first kappa shape index (κ1) is 25.7. The lowest BCUT2D eigenvalue weighted by atomic mass is 10.1. The average molecular weight is 528 g/mol. The van der Waals surface area contributed by atoms with Gasteiger partial charge in [-0.15, -0.1) is 0 Å². The average Bonchev–Trinajstić information content (AvgIpc) is 2.86. The molecule has 0 saturated heterocycles. The molecule has 0 bridgehead atoms. The minimum atomic E-state index is -0.852. The molecule has 0 saturated carbocycles. The highest BCUT2D eigenvalue weighted by atomic mass is 32.1. The van der Waals surface area contributed by atoms with Gasteiger partial charge in [0.05, 0.1) is 31.8 Å². The van der Waals surface area contributed by atoms with Crippen molar-refractivity contribution in [3.63, 3.8) is 0 Å². The second-order valence-electron chi connectivity index (χ2n) is 7.69. The molecule has 0 fully saturated rings. The summed E-state index contributed by atoms with van der Waals surface area (Å²) in [6.07, 6.45) is 1.18. The Morgan fingerprint density at radius 1 is 0.919 bits per heavy atom. The summed E-state index contributed by atoms with van der Waals surface area (Å²) in [5.74, 6) is -1.34. The molecule has 7 nitrogen and oxygen atoms in total. The topological polar surface area (TPSA) is 81.7 Å². The van der Waals surface area contributed by atoms with Crippen molar-refractivity contribution in [1.29, 1.82) is 0 Å². The number of aromatic nitrogens is 1. The van der Waals surface area contributed by atoms with E-state index in [4.69, 9.17) is 26.4 Å². The second kappa shape index (κ2) is 11.1. The number of hydrogen-bond donors (Lipinski definition) is 2. The minimum Gasteiger partial charge on any atom is -0.493 e. The molecule has 4 aromatic rings. The van der Waals surface area contributed by atoms with Crippen molar-refractivity contribution in [2.24, 2.45) is 0 Å². The van der Waals surface area contributed by atoms with E-state index in [-0.39, 0.29) is 28.5 Å². The molecule has 3 aromatic carbocycles. The summed E-state index contributed by atoms with van der Waals surface area (Å²) in [5.41, 5.74) is 0.571. The van der Waals surface area contributed by atoms with E-state index in [9.17, 15) is 18.0 Å². The highest BCUT2D eigenvalue weighted by Gasteiger charge is 2.14. The molecular formula is C26H20F3N3O4S. The molecule has 4 rings (SSSR count). The molecular weight excluding hydrogens is 507 g/mol. The number of rotatable bonds is 7. The molecule has 0 spiro atoms. The van der Waals surface area contributed by atoms with E-state index in [0.29, 0.717) is 34.2 Å². The third kappa shape index (κ3) is 6.07. The van der Waals surface area contributed by atoms with Crippen molar-refractivity contribution < 1.29 is 32.2 Å². The highest BCUT2D eigenvalue weighted by molar-refractivity contribution is 7.80. The summed E-state index contributed by atoms with van der Waals surface area (Å²) in [7, 11) is 3.03. The van der Waals surface area contributed by atoms with Gasteiger partial charge in [0.15, 0.2) is 16.6 Å². The Balaban J connectivity index is 1.44. The van der Waals surface area contributed by atoms with Gasteiger partial charge in [-0.05, 0) is 48.1 Å². The molecule has 190 valence electrons. The molecule has 0 radical (unpaired) electrons. The molecule has 0 aliphatic rings. The van der Waals surface area contributed by atoms with Crippen molar-refractivity contribution in [1.82, 2.24) is 10.3 Å². The Hall–Kier alpha value is -4.38. The van der Waals surface area contributed by atoms with Gasteiger partial charge in [-0.25, -0.2) is 13.2 Å². The van der Waals surface area contributed by atoms with Crippen LogP contribution in [0.2, 0.25) is 0 Å². The fourth-order valence-electron chi connectivity index (χ4n) is 3.49. The van der Waals surface area contributed by atoms with Gasteiger partial charge in [-0.3, -0.25) is 9.78 Å². The van der Waals surface area contributed by atoms with Crippen LogP contribution in [0.15, 0.2) is 60.8 Å². The number of amides is 1. The zero-order chi connectivity index (χ0) is 26.5. The number of fused-ring (bicyclic) bond motifs is 1. The first-order valence-corrected chi connectivity index (χ1v) is 11.2. The van der Waals surface area contributed by atoms with Crippen LogP contribution in [0, 0.1) is 17.5 Å². The Morgan fingerprint density at radius 2 is 1.68 bits per heavy atom. The van der Waals surface area contributed by atoms with Crippen molar-refractivity contribution >= 4 is 39.8 Å². The Morgan fingerprint density at radius 3 is 2.38 bits per heavy atom. The number of ether oxygens (including phenoxy) is 3. The van der Waals surface area contributed by atoms with Gasteiger partial charge in [0.1, 0.15) is 29.0 Å². The fraction of sp³-hybridized carbons (Fsp3) is 0.115. The molecule has 0 unspecified atom stereocenters. The van der Waals surface area contributed by atoms with Crippen LogP contribution in [-0.2, 0) is 11.2 Å². The zero-order valence-electron chi connectivity index (χ0n) is 19.6. The van der Waals surface area contributed by atoms with Crippen molar-refractivity contribution in [3.8, 4) is 23.0 Å². The number of halogens is 3. The molecule has 2 N–H and O–H groups in total. The number of benzene rings is 3. The van der Waals surface area contributed by atoms with Gasteiger partial charge in [0.2, 0.25) is 5.91 Å². The normalized spacial score (nSPS) is 10.6. The zero-order valence-corrected chi connectivity index (χ0v) is 20.4. The minimum absolute atomic E-state index is 0.00548. The number of nitrogens with zero attached hydrogens (tertiary/aromatic N) is 1. The maximum absolute atomic E-state index is 14.8. The number of nitrogens with one attached hydrogen (secondary N) is 2. The molecule has 1 aromatic heterocycles. The van der Waals surface area contributed by atoms with E-state index in [2.05, 4.69) is 15.6 Å². The highest BCUT2D eigenvalue weighted by Crippen LogP contribution is 2.37. The molecule has 37 heavy (non-hydrogen) atoms. The monoisotopic (exact) mass is 527 g/mol. The van der Waals surface area contributed by atoms with E-state index in [0.717, 1.165) is 18.2 Å². The molecule has 0 aliphatic carbocycles. The summed E-state index contributed by atoms with van der Waals surface area (Å²) >= 11 is 5.05. The van der Waals surface area contributed by atoms with Gasteiger partial charge in [-0.2, -0.15) is 0 Å². The summed E-state index contributed by atoms with van der Waals surface area (Å²) < 4.78 is 58.1. The first-order valence-electron chi connectivity index (χ1n) is 10.8. The van der Waals surface area contributed by atoms with E-state index >= 15 is 0 Å². The number of anilines is 1. The largest absolute Gasteiger partial charge is 0.493 e. The van der Waals surface area contributed by atoms with Gasteiger partial charge < -0.3 is 24.8 Å². The lowest BCUT2D eigenvalue weighted by Gasteiger charge is -2.14. The van der Waals surface area contributed by atoms with Crippen LogP contribution < -0.4 is 24.8 Å². The third-order valence-corrected chi connectivity index (χ3v) is 5.45. The van der Waals surface area contributed by atoms with E-state index in [1.54, 1.807) is 24.4 Å². The van der Waals surface area contributed by atoms with Crippen LogP contribution in [0.5, 0.6) is 23.0 Å². The first-order chi connectivity index (χ1) is 17.8. The lowest BCUT2D eigenvalue weighted by Crippen LogP contribution is -2.35. The van der Waals surface area contributed by atoms with Gasteiger partial charge in [-0.1, -0.05) is 6.07 Å². The Kier molecular flexibility index (Phi) is 7.73. The molecule has 11 heteroatoms. The third-order valence-electron chi connectivity index (χ3n) is 5.24. The van der Waals surface area contributed by atoms with Gasteiger partial charge >= 0.3 is 0 Å². The maximum atomic E-state index is 14.8. The second-order valence-corrected chi connectivity index (χ2v) is 8.10. The standard InChI is InChI=1S/C26H20F3N3O4S/c1-34-23-12-17-21(13-24(23)35-2)30-8-7-22(17)36-16-5-6-20(19(29)11-16)31-26(37)32-25(33)9-14-3-4-15(27)10-18(14)28/h3-8,10-13H,9H2,1-2H3,(H2,31,32,33,37). The van der Waals surface area contributed by atoms with E-state index in [1.807, 2.05) is 0 Å². The smallest absolute Gasteiger partial charge is 0.230 e. The summed E-state index contributed by atoms with van der Waals surface area (Å²) in [5, 5.41) is 5.34. The molecule has 1 amide bonds. The maximum Gasteiger partial charge on any atom is 0.230 e. The number of pyridine rings is 1. The number of thiocarbonyl (C=S) groups is 1. The van der Waals surface area contributed by atoms with Crippen molar-refractivity contribution in [2.75, 3.05) is 19.5 Å². The summed E-state index contributed by atoms with van der Waals surface area (Å²) in [4.78, 5) is 16.5. The van der Waals surface area contributed by atoms with Crippen LogP contribution in [0.1, 0.15) is 5.56 Å². The quantitative estimate of drug-likeness (QED) is 0.307. The fourth-order valence-corrected chi connectivity index (χ4v) is 3.71. The molecule has 1 heterocycles. The molecule has 0 aliphatic heterocycles. The Bertz CT molecular complexity index is 1500. The number of methoxy groups -OCH3 is 2. The number of carbonyl (C=O) groups is 1. The van der Waals surface area contributed by atoms with Crippen LogP contribution >= 0.6 is 12.2 Å². The van der Waals surface area contributed by atoms with Crippen LogP contribution in [0.25, 0.3) is 10.9 Å². The number of hydrogen-bond acceptors (Lipinski definition) is 6. The van der Waals surface area contributed by atoms with E-state index < -0.39 is 23.4 Å². The van der Waals surface area contributed by atoms with Crippen LogP contribution in [0.4, 0.5) is 18.9 Å². The predicted molar refractivity (Wildman–Crippen MR) is 136 cm³/mol. The predicted octanol–water partition coefficient (Wildman–Crippen LogP) is 5.52. The van der Waals surface area contributed by atoms with Crippen molar-refractivity contribution in [3.05, 3.63) is 83.8 Å². The summed E-state index contributed by atoms with van der Waals surface area (Å²) in [6, 6.07) is 12.0. The van der Waals surface area contributed by atoms with Gasteiger partial charge in [0.25, 0.3) is 0 Å². The van der Waals surface area contributed by atoms with Gasteiger partial charge in [0, 0.05) is 29.8 Å². The van der Waals surface area contributed by atoms with Crippen LogP contribution in [-0.4, -0.2) is 30.2 Å². The molecule has 0 atom stereocenters. The number of carbonyl (C=O) groups excluding carboxylic acids is 1. The summed E-state index contributed by atoms with van der Waals surface area (Å²) in [6.45, 7) is 0. The van der Waals surface area contributed by atoms with Crippen LogP contribution in [0.3, 0.4) is 0 Å². The lowest BCUT2D eigenvalue weighted by molar-refractivity contribution is -0.119. The van der Waals surface area contributed by atoms with Crippen molar-refractivity contribution in [2.45, 2.75) is 6.42 Å². The SMILES string of the molecule is COc1cc2nccc(Oc3ccc(NC(=S)NC(=O)Cc4ccc(F)cc4F)c(F)c3)c2cc1OC. The Labute approximate surface area is 215 Å².